The molecule has 2 aliphatic rings. The summed E-state index contributed by atoms with van der Waals surface area (Å²) in [6.07, 6.45) is 6.31. The average molecular weight is 537 g/mol. The fraction of sp³-hybridized carbons (Fsp3) is 0.593. The van der Waals surface area contributed by atoms with Crippen LogP contribution in [0.4, 0.5) is 13.2 Å². The monoisotopic (exact) mass is 536 g/mol. The van der Waals surface area contributed by atoms with Gasteiger partial charge in [-0.15, -0.1) is 0 Å². The van der Waals surface area contributed by atoms with Crippen molar-refractivity contribution in [3.8, 4) is 11.3 Å². The van der Waals surface area contributed by atoms with Crippen LogP contribution in [-0.2, 0) is 9.53 Å². The normalized spacial score (nSPS) is 21.3. The third-order valence-corrected chi connectivity index (χ3v) is 7.35. The summed E-state index contributed by atoms with van der Waals surface area (Å²) in [4.78, 5) is 28.9. The van der Waals surface area contributed by atoms with Gasteiger partial charge in [-0.3, -0.25) is 14.5 Å². The van der Waals surface area contributed by atoms with Gasteiger partial charge in [-0.2, -0.15) is 0 Å². The molecule has 1 saturated heterocycles. The molecule has 0 spiro atoms. The van der Waals surface area contributed by atoms with Crippen LogP contribution in [-0.4, -0.2) is 66.3 Å². The molecule has 2 fully saturated rings. The molecule has 38 heavy (non-hydrogen) atoms. The van der Waals surface area contributed by atoms with E-state index < -0.39 is 46.4 Å². The second-order valence-corrected chi connectivity index (χ2v) is 10.9. The molecular formula is C27H35F3N4O4. The lowest BCUT2D eigenvalue weighted by molar-refractivity contribution is -0.130. The lowest BCUT2D eigenvalue weighted by atomic mass is 9.86. The van der Waals surface area contributed by atoms with Gasteiger partial charge in [0.05, 0.1) is 23.6 Å². The number of likely N-dealkylation sites (tertiary alicyclic amines) is 1. The number of amides is 2. The number of hydrogen-bond donors (Lipinski definition) is 2. The number of hydrogen-bond acceptors (Lipinski definition) is 6. The summed E-state index contributed by atoms with van der Waals surface area (Å²) in [7, 11) is 1.57. The van der Waals surface area contributed by atoms with Gasteiger partial charge in [0.2, 0.25) is 5.91 Å². The Bertz CT molecular complexity index is 1130. The zero-order valence-electron chi connectivity index (χ0n) is 22.0. The highest BCUT2D eigenvalue weighted by Crippen LogP contribution is 2.30. The predicted octanol–water partition coefficient (Wildman–Crippen LogP) is 4.05. The summed E-state index contributed by atoms with van der Waals surface area (Å²) >= 11 is 0. The van der Waals surface area contributed by atoms with Crippen LogP contribution in [0.25, 0.3) is 11.3 Å². The quantitative estimate of drug-likeness (QED) is 0.529. The SMILES string of the molecule is COCC(C)(C)NC(=O)C1CN(C2CCCCC2)CCC1NC(=O)c1cc(-c2c(F)cc(F)cc2F)on1. The summed E-state index contributed by atoms with van der Waals surface area (Å²) in [5, 5.41) is 9.59. The van der Waals surface area contributed by atoms with Crippen LogP contribution in [0.2, 0.25) is 0 Å². The molecule has 2 aromatic rings. The number of carbonyl (C=O) groups is 2. The van der Waals surface area contributed by atoms with E-state index in [1.165, 1.54) is 19.3 Å². The van der Waals surface area contributed by atoms with Gasteiger partial charge in [0.25, 0.3) is 5.91 Å². The van der Waals surface area contributed by atoms with E-state index in [9.17, 15) is 22.8 Å². The van der Waals surface area contributed by atoms with E-state index >= 15 is 0 Å². The van der Waals surface area contributed by atoms with Crippen molar-refractivity contribution in [3.63, 3.8) is 0 Å². The Hall–Kier alpha value is -2.92. The maximum atomic E-state index is 14.2. The summed E-state index contributed by atoms with van der Waals surface area (Å²) in [5.74, 6) is -5.09. The van der Waals surface area contributed by atoms with E-state index in [4.69, 9.17) is 9.26 Å². The Balaban J connectivity index is 1.50. The maximum absolute atomic E-state index is 14.2. The number of rotatable bonds is 8. The fourth-order valence-corrected chi connectivity index (χ4v) is 5.54. The van der Waals surface area contributed by atoms with Crippen LogP contribution in [0.5, 0.6) is 0 Å². The number of nitrogens with zero attached hydrogens (tertiary/aromatic N) is 2. The number of methoxy groups -OCH3 is 1. The van der Waals surface area contributed by atoms with Crippen LogP contribution in [0.15, 0.2) is 22.7 Å². The second-order valence-electron chi connectivity index (χ2n) is 10.9. The molecule has 2 atom stereocenters. The highest BCUT2D eigenvalue weighted by molar-refractivity contribution is 5.94. The third kappa shape index (κ3) is 6.55. The van der Waals surface area contributed by atoms with Gasteiger partial charge in [-0.05, 0) is 33.1 Å². The molecule has 1 aliphatic heterocycles. The minimum atomic E-state index is -1.17. The molecule has 4 rings (SSSR count). The highest BCUT2D eigenvalue weighted by Gasteiger charge is 2.39. The van der Waals surface area contributed by atoms with Crippen LogP contribution in [0.1, 0.15) is 62.9 Å². The first-order valence-corrected chi connectivity index (χ1v) is 13.1. The first kappa shape index (κ1) is 28.1. The minimum absolute atomic E-state index is 0.186. The molecule has 2 amide bonds. The summed E-state index contributed by atoms with van der Waals surface area (Å²) in [5.41, 5.74) is -1.41. The smallest absolute Gasteiger partial charge is 0.273 e. The molecule has 1 aliphatic carbocycles. The number of carbonyl (C=O) groups excluding carboxylic acids is 2. The van der Waals surface area contributed by atoms with E-state index in [-0.39, 0.29) is 17.4 Å². The van der Waals surface area contributed by atoms with Crippen molar-refractivity contribution in [2.75, 3.05) is 26.8 Å². The minimum Gasteiger partial charge on any atom is -0.382 e. The van der Waals surface area contributed by atoms with Crippen molar-refractivity contribution in [1.82, 2.24) is 20.7 Å². The van der Waals surface area contributed by atoms with Gasteiger partial charge in [0, 0.05) is 50.5 Å². The first-order valence-electron chi connectivity index (χ1n) is 13.1. The van der Waals surface area contributed by atoms with E-state index in [1.807, 2.05) is 13.8 Å². The zero-order valence-corrected chi connectivity index (χ0v) is 22.0. The Labute approximate surface area is 220 Å². The maximum Gasteiger partial charge on any atom is 0.273 e. The Morgan fingerprint density at radius 2 is 1.79 bits per heavy atom. The molecule has 2 unspecified atom stereocenters. The Morgan fingerprint density at radius 3 is 2.45 bits per heavy atom. The van der Waals surface area contributed by atoms with Crippen molar-refractivity contribution in [1.29, 1.82) is 0 Å². The molecular weight excluding hydrogens is 501 g/mol. The first-order chi connectivity index (χ1) is 18.1. The molecule has 2 N–H and O–H groups in total. The topological polar surface area (TPSA) is 96.7 Å². The van der Waals surface area contributed by atoms with E-state index in [0.717, 1.165) is 25.5 Å². The van der Waals surface area contributed by atoms with Gasteiger partial charge in [-0.1, -0.05) is 24.4 Å². The van der Waals surface area contributed by atoms with Gasteiger partial charge in [0.1, 0.15) is 17.5 Å². The lowest BCUT2D eigenvalue weighted by Gasteiger charge is -2.43. The summed E-state index contributed by atoms with van der Waals surface area (Å²) < 4.78 is 51.9. The number of aromatic nitrogens is 1. The Morgan fingerprint density at radius 1 is 1.11 bits per heavy atom. The van der Waals surface area contributed by atoms with Gasteiger partial charge < -0.3 is 19.9 Å². The van der Waals surface area contributed by atoms with Crippen LogP contribution < -0.4 is 10.6 Å². The molecule has 2 heterocycles. The van der Waals surface area contributed by atoms with E-state index in [2.05, 4.69) is 20.7 Å². The standard InChI is InChI=1S/C27H35F3N4O4/c1-27(2,15-37-3)32-25(35)18-14-34(17-7-5-4-6-8-17)10-9-21(18)31-26(36)22-13-23(38-33-22)24-19(29)11-16(28)12-20(24)30/h11-13,17-18,21H,4-10,14-15H2,1-3H3,(H,31,36)(H,32,35). The van der Waals surface area contributed by atoms with Crippen molar-refractivity contribution in [3.05, 3.63) is 41.3 Å². The number of piperidine rings is 1. The van der Waals surface area contributed by atoms with Gasteiger partial charge in [0.15, 0.2) is 11.5 Å². The Kier molecular flexibility index (Phi) is 8.77. The highest BCUT2D eigenvalue weighted by atomic mass is 19.1. The molecule has 11 heteroatoms. The molecule has 1 aromatic carbocycles. The number of ether oxygens (including phenoxy) is 1. The van der Waals surface area contributed by atoms with Gasteiger partial charge in [-0.25, -0.2) is 13.2 Å². The third-order valence-electron chi connectivity index (χ3n) is 7.35. The number of benzene rings is 1. The second kappa shape index (κ2) is 11.9. The van der Waals surface area contributed by atoms with Crippen LogP contribution in [0.3, 0.4) is 0 Å². The van der Waals surface area contributed by atoms with Crippen molar-refractivity contribution >= 4 is 11.8 Å². The number of nitrogens with one attached hydrogen (secondary N) is 2. The van der Waals surface area contributed by atoms with Crippen molar-refractivity contribution < 1.29 is 32.0 Å². The van der Waals surface area contributed by atoms with Crippen LogP contribution in [0, 0.1) is 23.4 Å². The largest absolute Gasteiger partial charge is 0.382 e. The predicted molar refractivity (Wildman–Crippen MR) is 134 cm³/mol. The van der Waals surface area contributed by atoms with Crippen LogP contribution >= 0.6 is 0 Å². The summed E-state index contributed by atoms with van der Waals surface area (Å²) in [6.45, 7) is 5.30. The molecule has 0 radical (unpaired) electrons. The molecule has 0 bridgehead atoms. The fourth-order valence-electron chi connectivity index (χ4n) is 5.54. The lowest BCUT2D eigenvalue weighted by Crippen LogP contribution is -2.60. The molecule has 1 saturated carbocycles. The molecule has 1 aromatic heterocycles. The molecule has 8 nitrogen and oxygen atoms in total. The van der Waals surface area contributed by atoms with E-state index in [0.29, 0.717) is 37.7 Å². The average Bonchev–Trinajstić information content (AvgIpc) is 3.33. The zero-order chi connectivity index (χ0) is 27.4. The van der Waals surface area contributed by atoms with Crippen molar-refractivity contribution in [2.45, 2.75) is 70.0 Å². The van der Waals surface area contributed by atoms with Gasteiger partial charge >= 0.3 is 0 Å². The van der Waals surface area contributed by atoms with E-state index in [1.54, 1.807) is 7.11 Å². The molecule has 208 valence electrons. The van der Waals surface area contributed by atoms with Crippen molar-refractivity contribution in [2.24, 2.45) is 5.92 Å². The number of halogens is 3. The summed E-state index contributed by atoms with van der Waals surface area (Å²) in [6, 6.07) is 2.08.